The quantitative estimate of drug-likeness (QED) is 0.875. The fourth-order valence-electron chi connectivity index (χ4n) is 2.87. The Kier molecular flexibility index (Phi) is 7.86. The van der Waals surface area contributed by atoms with Crippen LogP contribution in [0, 0.1) is 5.92 Å². The van der Waals surface area contributed by atoms with E-state index < -0.39 is 0 Å². The highest BCUT2D eigenvalue weighted by Gasteiger charge is 2.18. The van der Waals surface area contributed by atoms with Gasteiger partial charge in [-0.3, -0.25) is 4.90 Å². The van der Waals surface area contributed by atoms with Crippen LogP contribution in [0.2, 0.25) is 0 Å². The second kappa shape index (κ2) is 9.13. The first kappa shape index (κ1) is 18.1. The number of benzene rings is 1. The lowest BCUT2D eigenvalue weighted by atomic mass is 9.96. The minimum atomic E-state index is 0. The molecule has 1 N–H and O–H groups in total. The van der Waals surface area contributed by atoms with Crippen molar-refractivity contribution in [1.82, 2.24) is 10.2 Å². The van der Waals surface area contributed by atoms with Gasteiger partial charge in [0.1, 0.15) is 0 Å². The number of hydrogen-bond acceptors (Lipinski definition) is 4. The minimum Gasteiger partial charge on any atom is -0.493 e. The van der Waals surface area contributed by atoms with Crippen LogP contribution in [-0.4, -0.2) is 45.8 Å². The molecule has 21 heavy (non-hydrogen) atoms. The fraction of sp³-hybridized carbons (Fsp3) is 0.625. The standard InChI is InChI=1S/C16H26N2O2.ClH/c1-17-11-13-6-8-18(9-7-13)12-14-4-5-15(19-2)16(10-14)20-3;/h4-5,10,13,17H,6-9,11-12H2,1-3H3;1H. The lowest BCUT2D eigenvalue weighted by molar-refractivity contribution is 0.176. The summed E-state index contributed by atoms with van der Waals surface area (Å²) in [5, 5.41) is 3.28. The highest BCUT2D eigenvalue weighted by atomic mass is 35.5. The van der Waals surface area contributed by atoms with Crippen molar-refractivity contribution < 1.29 is 9.47 Å². The molecule has 1 aliphatic rings. The molecule has 0 aliphatic carbocycles. The van der Waals surface area contributed by atoms with Gasteiger partial charge in [-0.2, -0.15) is 0 Å². The Balaban J connectivity index is 0.00000220. The minimum absolute atomic E-state index is 0. The monoisotopic (exact) mass is 314 g/mol. The molecule has 1 aromatic rings. The number of rotatable bonds is 6. The van der Waals surface area contributed by atoms with Gasteiger partial charge in [0.2, 0.25) is 0 Å². The highest BCUT2D eigenvalue weighted by Crippen LogP contribution is 2.28. The number of nitrogens with zero attached hydrogens (tertiary/aromatic N) is 1. The average Bonchev–Trinajstić information content (AvgIpc) is 2.49. The van der Waals surface area contributed by atoms with E-state index in [4.69, 9.17) is 9.47 Å². The van der Waals surface area contributed by atoms with Gasteiger partial charge in [0.25, 0.3) is 0 Å². The molecule has 1 fully saturated rings. The third-order valence-corrected chi connectivity index (χ3v) is 4.05. The van der Waals surface area contributed by atoms with Crippen LogP contribution in [0.4, 0.5) is 0 Å². The zero-order valence-corrected chi connectivity index (χ0v) is 14.0. The summed E-state index contributed by atoms with van der Waals surface area (Å²) in [7, 11) is 5.39. The van der Waals surface area contributed by atoms with Gasteiger partial charge in [-0.15, -0.1) is 12.4 Å². The number of likely N-dealkylation sites (tertiary alicyclic amines) is 1. The molecule has 0 amide bonds. The van der Waals surface area contributed by atoms with Crippen molar-refractivity contribution in [3.63, 3.8) is 0 Å². The Labute approximate surface area is 134 Å². The normalized spacial score (nSPS) is 16.3. The first-order valence-corrected chi connectivity index (χ1v) is 7.34. The van der Waals surface area contributed by atoms with E-state index in [1.807, 2.05) is 13.1 Å². The average molecular weight is 315 g/mol. The second-order valence-electron chi connectivity index (χ2n) is 5.47. The summed E-state index contributed by atoms with van der Waals surface area (Å²) in [6.45, 7) is 4.50. The van der Waals surface area contributed by atoms with E-state index in [0.717, 1.165) is 30.5 Å². The number of hydrogen-bond donors (Lipinski definition) is 1. The Morgan fingerprint density at radius 2 is 1.81 bits per heavy atom. The van der Waals surface area contributed by atoms with Crippen LogP contribution in [0.5, 0.6) is 11.5 Å². The summed E-state index contributed by atoms with van der Waals surface area (Å²) in [5.41, 5.74) is 1.29. The number of piperidine rings is 1. The number of ether oxygens (including phenoxy) is 2. The molecular weight excluding hydrogens is 288 g/mol. The Bertz CT molecular complexity index is 421. The molecule has 0 unspecified atom stereocenters. The van der Waals surface area contributed by atoms with Crippen LogP contribution in [0.1, 0.15) is 18.4 Å². The molecule has 0 saturated carbocycles. The van der Waals surface area contributed by atoms with Crippen molar-refractivity contribution in [2.45, 2.75) is 19.4 Å². The topological polar surface area (TPSA) is 33.7 Å². The summed E-state index contributed by atoms with van der Waals surface area (Å²) in [6.07, 6.45) is 2.57. The van der Waals surface area contributed by atoms with Crippen LogP contribution in [0.3, 0.4) is 0 Å². The Hall–Kier alpha value is -0.970. The molecule has 120 valence electrons. The highest BCUT2D eigenvalue weighted by molar-refractivity contribution is 5.85. The van der Waals surface area contributed by atoms with Crippen LogP contribution in [0.15, 0.2) is 18.2 Å². The summed E-state index contributed by atoms with van der Waals surface area (Å²) >= 11 is 0. The van der Waals surface area contributed by atoms with E-state index in [1.54, 1.807) is 14.2 Å². The Morgan fingerprint density at radius 1 is 1.14 bits per heavy atom. The largest absolute Gasteiger partial charge is 0.493 e. The maximum absolute atomic E-state index is 5.36. The van der Waals surface area contributed by atoms with E-state index in [-0.39, 0.29) is 12.4 Å². The van der Waals surface area contributed by atoms with Gasteiger partial charge in [-0.25, -0.2) is 0 Å². The molecule has 0 radical (unpaired) electrons. The van der Waals surface area contributed by atoms with E-state index in [9.17, 15) is 0 Å². The van der Waals surface area contributed by atoms with Gasteiger partial charge in [0.05, 0.1) is 14.2 Å². The number of nitrogens with one attached hydrogen (secondary N) is 1. The van der Waals surface area contributed by atoms with E-state index in [1.165, 1.54) is 31.5 Å². The van der Waals surface area contributed by atoms with Gasteiger partial charge in [-0.05, 0) is 63.1 Å². The molecule has 1 aromatic carbocycles. The van der Waals surface area contributed by atoms with Gasteiger partial charge < -0.3 is 14.8 Å². The van der Waals surface area contributed by atoms with Crippen LogP contribution < -0.4 is 14.8 Å². The van der Waals surface area contributed by atoms with E-state index >= 15 is 0 Å². The molecule has 0 bridgehead atoms. The zero-order valence-electron chi connectivity index (χ0n) is 13.2. The van der Waals surface area contributed by atoms with Crippen molar-refractivity contribution in [3.05, 3.63) is 23.8 Å². The van der Waals surface area contributed by atoms with Crippen molar-refractivity contribution in [1.29, 1.82) is 0 Å². The molecule has 0 aromatic heterocycles. The number of halogens is 1. The van der Waals surface area contributed by atoms with Crippen molar-refractivity contribution >= 4 is 12.4 Å². The molecule has 0 atom stereocenters. The third-order valence-electron chi connectivity index (χ3n) is 4.05. The van der Waals surface area contributed by atoms with Gasteiger partial charge in [0, 0.05) is 6.54 Å². The fourth-order valence-corrected chi connectivity index (χ4v) is 2.87. The molecule has 1 aliphatic heterocycles. The van der Waals surface area contributed by atoms with Crippen molar-refractivity contribution in [3.8, 4) is 11.5 Å². The van der Waals surface area contributed by atoms with Gasteiger partial charge >= 0.3 is 0 Å². The summed E-state index contributed by atoms with van der Waals surface area (Å²) in [5.74, 6) is 2.45. The van der Waals surface area contributed by atoms with Crippen molar-refractivity contribution in [2.24, 2.45) is 5.92 Å². The molecule has 1 heterocycles. The predicted octanol–water partition coefficient (Wildman–Crippen LogP) is 2.56. The first-order valence-electron chi connectivity index (χ1n) is 7.34. The van der Waals surface area contributed by atoms with Crippen molar-refractivity contribution in [2.75, 3.05) is 40.9 Å². The summed E-state index contributed by atoms with van der Waals surface area (Å²) in [4.78, 5) is 2.52. The molecular formula is C16H27ClN2O2. The smallest absolute Gasteiger partial charge is 0.161 e. The third kappa shape index (κ3) is 5.06. The molecule has 2 rings (SSSR count). The lowest BCUT2D eigenvalue weighted by Crippen LogP contribution is -2.36. The summed E-state index contributed by atoms with van der Waals surface area (Å²) in [6, 6.07) is 6.20. The lowest BCUT2D eigenvalue weighted by Gasteiger charge is -2.32. The molecule has 4 nitrogen and oxygen atoms in total. The van der Waals surface area contributed by atoms with Crippen LogP contribution in [-0.2, 0) is 6.54 Å². The SMILES string of the molecule is CNCC1CCN(Cc2ccc(OC)c(OC)c2)CC1.Cl. The Morgan fingerprint density at radius 3 is 2.38 bits per heavy atom. The van der Waals surface area contributed by atoms with E-state index in [2.05, 4.69) is 22.3 Å². The second-order valence-corrected chi connectivity index (χ2v) is 5.47. The predicted molar refractivity (Wildman–Crippen MR) is 88.7 cm³/mol. The number of methoxy groups -OCH3 is 2. The molecule has 1 saturated heterocycles. The molecule has 0 spiro atoms. The zero-order chi connectivity index (χ0) is 14.4. The van der Waals surface area contributed by atoms with Crippen LogP contribution in [0.25, 0.3) is 0 Å². The molecule has 5 heteroatoms. The van der Waals surface area contributed by atoms with Crippen LogP contribution >= 0.6 is 12.4 Å². The maximum Gasteiger partial charge on any atom is 0.161 e. The maximum atomic E-state index is 5.36. The van der Waals surface area contributed by atoms with Gasteiger partial charge in [0.15, 0.2) is 11.5 Å². The van der Waals surface area contributed by atoms with Gasteiger partial charge in [-0.1, -0.05) is 6.07 Å². The van der Waals surface area contributed by atoms with E-state index in [0.29, 0.717) is 0 Å². The summed E-state index contributed by atoms with van der Waals surface area (Å²) < 4.78 is 10.6. The first-order chi connectivity index (χ1) is 9.76.